The van der Waals surface area contributed by atoms with Gasteiger partial charge in [0, 0.05) is 11.6 Å². The Kier molecular flexibility index (Phi) is 3.42. The van der Waals surface area contributed by atoms with Gasteiger partial charge in [-0.2, -0.15) is 0 Å². The Balaban J connectivity index is 1.74. The van der Waals surface area contributed by atoms with E-state index in [9.17, 15) is 0 Å². The SMILES string of the molecule is c1cnc2c(OCC3CCNCC3)cccc2c1. The standard InChI is InChI=1S/C15H18N2O/c1-3-13-4-2-8-17-15(13)14(5-1)18-11-12-6-9-16-10-7-12/h1-5,8,12,16H,6-7,9-11H2. The van der Waals surface area contributed by atoms with Crippen LogP contribution in [-0.2, 0) is 0 Å². The summed E-state index contributed by atoms with van der Waals surface area (Å²) in [7, 11) is 0. The zero-order chi connectivity index (χ0) is 12.2. The minimum absolute atomic E-state index is 0.671. The second-order valence-electron chi connectivity index (χ2n) is 4.84. The molecule has 1 aliphatic rings. The molecule has 1 saturated heterocycles. The molecular weight excluding hydrogens is 224 g/mol. The molecular formula is C15H18N2O. The maximum absolute atomic E-state index is 5.97. The second kappa shape index (κ2) is 5.36. The van der Waals surface area contributed by atoms with Crippen LogP contribution in [0.25, 0.3) is 10.9 Å². The zero-order valence-electron chi connectivity index (χ0n) is 10.4. The first-order valence-corrected chi connectivity index (χ1v) is 6.61. The molecule has 1 aromatic carbocycles. The molecule has 0 atom stereocenters. The maximum Gasteiger partial charge on any atom is 0.145 e. The molecule has 3 nitrogen and oxygen atoms in total. The predicted molar refractivity (Wildman–Crippen MR) is 72.8 cm³/mol. The van der Waals surface area contributed by atoms with E-state index in [1.165, 1.54) is 12.8 Å². The molecule has 0 bridgehead atoms. The first-order chi connectivity index (χ1) is 8.93. The van der Waals surface area contributed by atoms with E-state index in [-0.39, 0.29) is 0 Å². The van der Waals surface area contributed by atoms with Crippen molar-refractivity contribution < 1.29 is 4.74 Å². The highest BCUT2D eigenvalue weighted by Crippen LogP contribution is 2.24. The fraction of sp³-hybridized carbons (Fsp3) is 0.400. The van der Waals surface area contributed by atoms with E-state index in [2.05, 4.69) is 22.4 Å². The minimum atomic E-state index is 0.671. The molecule has 0 unspecified atom stereocenters. The van der Waals surface area contributed by atoms with Crippen molar-refractivity contribution in [2.45, 2.75) is 12.8 Å². The molecule has 1 aliphatic heterocycles. The van der Waals surface area contributed by atoms with Crippen LogP contribution in [-0.4, -0.2) is 24.7 Å². The van der Waals surface area contributed by atoms with Crippen LogP contribution in [0.15, 0.2) is 36.5 Å². The van der Waals surface area contributed by atoms with E-state index in [0.29, 0.717) is 5.92 Å². The van der Waals surface area contributed by atoms with Crippen molar-refractivity contribution in [1.82, 2.24) is 10.3 Å². The van der Waals surface area contributed by atoms with E-state index in [0.717, 1.165) is 36.3 Å². The molecule has 3 rings (SSSR count). The van der Waals surface area contributed by atoms with Gasteiger partial charge in [0.1, 0.15) is 11.3 Å². The molecule has 1 fully saturated rings. The summed E-state index contributed by atoms with van der Waals surface area (Å²) in [6.45, 7) is 3.03. The number of ether oxygens (including phenoxy) is 1. The summed E-state index contributed by atoms with van der Waals surface area (Å²) in [5.41, 5.74) is 0.967. The Morgan fingerprint density at radius 3 is 2.89 bits per heavy atom. The lowest BCUT2D eigenvalue weighted by molar-refractivity contribution is 0.217. The summed E-state index contributed by atoms with van der Waals surface area (Å²) >= 11 is 0. The van der Waals surface area contributed by atoms with Gasteiger partial charge in [0.05, 0.1) is 6.61 Å². The second-order valence-corrected chi connectivity index (χ2v) is 4.84. The summed E-state index contributed by atoms with van der Waals surface area (Å²) in [4.78, 5) is 4.41. The highest BCUT2D eigenvalue weighted by atomic mass is 16.5. The van der Waals surface area contributed by atoms with Crippen LogP contribution in [0.5, 0.6) is 5.75 Å². The first-order valence-electron chi connectivity index (χ1n) is 6.61. The number of piperidine rings is 1. The van der Waals surface area contributed by atoms with Crippen LogP contribution in [0.4, 0.5) is 0 Å². The van der Waals surface area contributed by atoms with Crippen LogP contribution < -0.4 is 10.1 Å². The lowest BCUT2D eigenvalue weighted by Gasteiger charge is -2.22. The summed E-state index contributed by atoms with van der Waals surface area (Å²) in [6.07, 6.45) is 4.23. The van der Waals surface area contributed by atoms with Gasteiger partial charge < -0.3 is 10.1 Å². The van der Waals surface area contributed by atoms with Gasteiger partial charge in [0.25, 0.3) is 0 Å². The Morgan fingerprint density at radius 2 is 2.00 bits per heavy atom. The molecule has 0 aliphatic carbocycles. The normalized spacial score (nSPS) is 16.9. The number of nitrogens with zero attached hydrogens (tertiary/aromatic N) is 1. The number of aromatic nitrogens is 1. The van der Waals surface area contributed by atoms with Crippen molar-refractivity contribution in [3.63, 3.8) is 0 Å². The highest BCUT2D eigenvalue weighted by molar-refractivity contribution is 5.84. The Hall–Kier alpha value is -1.61. The van der Waals surface area contributed by atoms with Crippen molar-refractivity contribution in [3.8, 4) is 5.75 Å². The number of fused-ring (bicyclic) bond motifs is 1. The number of rotatable bonds is 3. The van der Waals surface area contributed by atoms with Gasteiger partial charge >= 0.3 is 0 Å². The molecule has 1 aromatic heterocycles. The number of hydrogen-bond donors (Lipinski definition) is 1. The van der Waals surface area contributed by atoms with Crippen LogP contribution in [0, 0.1) is 5.92 Å². The quantitative estimate of drug-likeness (QED) is 0.898. The Bertz CT molecular complexity index is 515. The van der Waals surface area contributed by atoms with Gasteiger partial charge in [0.15, 0.2) is 0 Å². The third-order valence-corrected chi connectivity index (χ3v) is 3.53. The summed E-state index contributed by atoms with van der Waals surface area (Å²) in [5.74, 6) is 1.58. The lowest BCUT2D eigenvalue weighted by Crippen LogP contribution is -2.30. The minimum Gasteiger partial charge on any atom is -0.491 e. The highest BCUT2D eigenvalue weighted by Gasteiger charge is 2.14. The molecule has 3 heteroatoms. The van der Waals surface area contributed by atoms with E-state index in [1.54, 1.807) is 0 Å². The zero-order valence-corrected chi connectivity index (χ0v) is 10.4. The van der Waals surface area contributed by atoms with Crippen molar-refractivity contribution in [2.24, 2.45) is 5.92 Å². The first kappa shape index (κ1) is 11.5. The van der Waals surface area contributed by atoms with Crippen molar-refractivity contribution >= 4 is 10.9 Å². The summed E-state index contributed by atoms with van der Waals surface area (Å²) in [5, 5.41) is 4.51. The van der Waals surface area contributed by atoms with Crippen molar-refractivity contribution in [1.29, 1.82) is 0 Å². The maximum atomic E-state index is 5.97. The lowest BCUT2D eigenvalue weighted by atomic mass is 9.99. The Morgan fingerprint density at radius 1 is 1.17 bits per heavy atom. The van der Waals surface area contributed by atoms with E-state index < -0.39 is 0 Å². The van der Waals surface area contributed by atoms with E-state index >= 15 is 0 Å². The summed E-state index contributed by atoms with van der Waals surface area (Å²) < 4.78 is 5.97. The number of para-hydroxylation sites is 1. The number of nitrogens with one attached hydrogen (secondary N) is 1. The van der Waals surface area contributed by atoms with Gasteiger partial charge in [-0.25, -0.2) is 0 Å². The number of hydrogen-bond acceptors (Lipinski definition) is 3. The van der Waals surface area contributed by atoms with Gasteiger partial charge in [-0.1, -0.05) is 18.2 Å². The molecule has 94 valence electrons. The molecule has 0 amide bonds. The van der Waals surface area contributed by atoms with Crippen LogP contribution >= 0.6 is 0 Å². The fourth-order valence-electron chi connectivity index (χ4n) is 2.45. The molecule has 1 N–H and O–H groups in total. The topological polar surface area (TPSA) is 34.1 Å². The predicted octanol–water partition coefficient (Wildman–Crippen LogP) is 2.61. The van der Waals surface area contributed by atoms with Gasteiger partial charge in [-0.05, 0) is 44.0 Å². The summed E-state index contributed by atoms with van der Waals surface area (Å²) in [6, 6.07) is 10.1. The third-order valence-electron chi connectivity index (χ3n) is 3.53. The molecule has 0 spiro atoms. The van der Waals surface area contributed by atoms with E-state index in [4.69, 9.17) is 4.74 Å². The third kappa shape index (κ3) is 2.46. The monoisotopic (exact) mass is 242 g/mol. The van der Waals surface area contributed by atoms with Crippen molar-refractivity contribution in [3.05, 3.63) is 36.5 Å². The average Bonchev–Trinajstić information content (AvgIpc) is 2.46. The molecule has 2 aromatic rings. The smallest absolute Gasteiger partial charge is 0.145 e. The van der Waals surface area contributed by atoms with Gasteiger partial charge in [-0.15, -0.1) is 0 Å². The van der Waals surface area contributed by atoms with Gasteiger partial charge in [0.2, 0.25) is 0 Å². The number of pyridine rings is 1. The molecule has 18 heavy (non-hydrogen) atoms. The van der Waals surface area contributed by atoms with E-state index in [1.807, 2.05) is 24.4 Å². The van der Waals surface area contributed by atoms with Crippen LogP contribution in [0.2, 0.25) is 0 Å². The average molecular weight is 242 g/mol. The van der Waals surface area contributed by atoms with Crippen LogP contribution in [0.3, 0.4) is 0 Å². The fourth-order valence-corrected chi connectivity index (χ4v) is 2.45. The molecule has 2 heterocycles. The molecule has 0 saturated carbocycles. The largest absolute Gasteiger partial charge is 0.491 e. The Labute approximate surface area is 107 Å². The molecule has 0 radical (unpaired) electrons. The number of benzene rings is 1. The van der Waals surface area contributed by atoms with Gasteiger partial charge in [-0.3, -0.25) is 4.98 Å². The van der Waals surface area contributed by atoms with Crippen molar-refractivity contribution in [2.75, 3.05) is 19.7 Å². The van der Waals surface area contributed by atoms with Crippen LogP contribution in [0.1, 0.15) is 12.8 Å².